The van der Waals surface area contributed by atoms with Crippen molar-refractivity contribution in [3.63, 3.8) is 0 Å². The minimum absolute atomic E-state index is 0.0223. The first-order valence-corrected chi connectivity index (χ1v) is 6.13. The summed E-state index contributed by atoms with van der Waals surface area (Å²) in [6.45, 7) is 3.05. The van der Waals surface area contributed by atoms with Gasteiger partial charge >= 0.3 is 6.18 Å². The van der Waals surface area contributed by atoms with Gasteiger partial charge in [0.15, 0.2) is 0 Å². The van der Waals surface area contributed by atoms with Crippen LogP contribution in [0.25, 0.3) is 0 Å². The average Bonchev–Trinajstić information content (AvgIpc) is 3.06. The summed E-state index contributed by atoms with van der Waals surface area (Å²) >= 11 is 0. The second-order valence-electron chi connectivity index (χ2n) is 4.94. The van der Waals surface area contributed by atoms with Crippen molar-refractivity contribution in [2.75, 3.05) is 13.1 Å². The Hall–Kier alpha value is -0.580. The van der Waals surface area contributed by atoms with Gasteiger partial charge in [-0.15, -0.1) is 0 Å². The molecule has 17 heavy (non-hydrogen) atoms. The van der Waals surface area contributed by atoms with Crippen LogP contribution in [0.5, 0.6) is 0 Å². The van der Waals surface area contributed by atoms with E-state index in [1.54, 1.807) is 0 Å². The van der Waals surface area contributed by atoms with Crippen molar-refractivity contribution in [1.82, 2.24) is 4.90 Å². The summed E-state index contributed by atoms with van der Waals surface area (Å²) in [7, 11) is 0. The van der Waals surface area contributed by atoms with Crippen LogP contribution in [0.4, 0.5) is 13.2 Å². The number of carbonyl (C=O) groups excluding carboxylic acids is 1. The number of nitrogens with zero attached hydrogens (tertiary/aromatic N) is 1. The maximum Gasteiger partial charge on any atom is 0.401 e. The Morgan fingerprint density at radius 2 is 1.71 bits per heavy atom. The molecule has 0 heterocycles. The fourth-order valence-electron chi connectivity index (χ4n) is 2.07. The van der Waals surface area contributed by atoms with Crippen LogP contribution in [0.1, 0.15) is 39.5 Å². The molecule has 0 amide bonds. The standard InChI is InChI=1S/C12H20F3NO/c1-3-11(4-2,9-17)7-16(10-5-6-10)8-12(13,14)15/h9-10H,3-8H2,1-2H3. The van der Waals surface area contributed by atoms with Gasteiger partial charge in [-0.25, -0.2) is 0 Å². The quantitative estimate of drug-likeness (QED) is 0.648. The maximum atomic E-state index is 12.5. The van der Waals surface area contributed by atoms with E-state index in [0.29, 0.717) is 12.8 Å². The Labute approximate surface area is 100 Å². The lowest BCUT2D eigenvalue weighted by molar-refractivity contribution is -0.152. The van der Waals surface area contributed by atoms with E-state index in [9.17, 15) is 18.0 Å². The van der Waals surface area contributed by atoms with Crippen molar-refractivity contribution in [3.05, 3.63) is 0 Å². The molecule has 1 aliphatic carbocycles. The molecule has 0 aliphatic heterocycles. The highest BCUT2D eigenvalue weighted by Gasteiger charge is 2.41. The molecule has 0 saturated heterocycles. The molecule has 0 aromatic heterocycles. The van der Waals surface area contributed by atoms with E-state index >= 15 is 0 Å². The van der Waals surface area contributed by atoms with Gasteiger partial charge in [-0.1, -0.05) is 13.8 Å². The summed E-state index contributed by atoms with van der Waals surface area (Å²) in [5, 5.41) is 0. The summed E-state index contributed by atoms with van der Waals surface area (Å²) in [4.78, 5) is 12.6. The van der Waals surface area contributed by atoms with Crippen molar-refractivity contribution in [1.29, 1.82) is 0 Å². The van der Waals surface area contributed by atoms with E-state index in [-0.39, 0.29) is 12.6 Å². The van der Waals surface area contributed by atoms with Gasteiger partial charge in [0.1, 0.15) is 6.29 Å². The van der Waals surface area contributed by atoms with Crippen molar-refractivity contribution in [2.24, 2.45) is 5.41 Å². The molecule has 1 rings (SSSR count). The van der Waals surface area contributed by atoms with Gasteiger partial charge in [0.05, 0.1) is 6.54 Å². The highest BCUT2D eigenvalue weighted by Crippen LogP contribution is 2.34. The Morgan fingerprint density at radius 1 is 1.18 bits per heavy atom. The fourth-order valence-corrected chi connectivity index (χ4v) is 2.07. The predicted molar refractivity (Wildman–Crippen MR) is 59.7 cm³/mol. The third kappa shape index (κ3) is 4.30. The third-order valence-electron chi connectivity index (χ3n) is 3.62. The molecule has 1 saturated carbocycles. The molecule has 0 spiro atoms. The highest BCUT2D eigenvalue weighted by molar-refractivity contribution is 5.59. The molecule has 5 heteroatoms. The number of alkyl halides is 3. The van der Waals surface area contributed by atoms with Crippen molar-refractivity contribution in [2.45, 2.75) is 51.7 Å². The molecule has 0 atom stereocenters. The van der Waals surface area contributed by atoms with Crippen molar-refractivity contribution < 1.29 is 18.0 Å². The van der Waals surface area contributed by atoms with Gasteiger partial charge in [-0.3, -0.25) is 4.90 Å². The summed E-state index contributed by atoms with van der Waals surface area (Å²) in [5.74, 6) is 0. The first kappa shape index (κ1) is 14.5. The van der Waals surface area contributed by atoms with Gasteiger partial charge in [-0.2, -0.15) is 13.2 Å². The summed E-state index contributed by atoms with van der Waals surface area (Å²) in [5.41, 5.74) is -0.617. The van der Waals surface area contributed by atoms with Gasteiger partial charge in [0.25, 0.3) is 0 Å². The number of hydrogen-bond acceptors (Lipinski definition) is 2. The normalized spacial score (nSPS) is 17.5. The lowest BCUT2D eigenvalue weighted by Crippen LogP contribution is -2.44. The molecule has 0 N–H and O–H groups in total. The van der Waals surface area contributed by atoms with Gasteiger partial charge in [0, 0.05) is 18.0 Å². The van der Waals surface area contributed by atoms with E-state index in [1.807, 2.05) is 13.8 Å². The monoisotopic (exact) mass is 251 g/mol. The minimum atomic E-state index is -4.18. The largest absolute Gasteiger partial charge is 0.401 e. The minimum Gasteiger partial charge on any atom is -0.303 e. The molecule has 0 bridgehead atoms. The molecule has 0 aromatic carbocycles. The number of aldehydes is 1. The van der Waals surface area contributed by atoms with Crippen LogP contribution in [-0.2, 0) is 4.79 Å². The lowest BCUT2D eigenvalue weighted by Gasteiger charge is -2.33. The van der Waals surface area contributed by atoms with Crippen LogP contribution in [0.2, 0.25) is 0 Å². The second kappa shape index (κ2) is 5.38. The van der Waals surface area contributed by atoms with Crippen LogP contribution in [0.15, 0.2) is 0 Å². The SMILES string of the molecule is CCC(C=O)(CC)CN(CC(F)(F)F)C1CC1. The van der Waals surface area contributed by atoms with Gasteiger partial charge < -0.3 is 4.79 Å². The van der Waals surface area contributed by atoms with E-state index in [4.69, 9.17) is 0 Å². The molecule has 0 aromatic rings. The topological polar surface area (TPSA) is 20.3 Å². The number of carbonyl (C=O) groups is 1. The van der Waals surface area contributed by atoms with E-state index in [1.165, 1.54) is 4.90 Å². The molecular formula is C12H20F3NO. The van der Waals surface area contributed by atoms with E-state index in [2.05, 4.69) is 0 Å². The third-order valence-corrected chi connectivity index (χ3v) is 3.62. The highest BCUT2D eigenvalue weighted by atomic mass is 19.4. The molecular weight excluding hydrogens is 231 g/mol. The summed E-state index contributed by atoms with van der Waals surface area (Å²) in [6.07, 6.45) is -0.531. The number of hydrogen-bond donors (Lipinski definition) is 0. The van der Waals surface area contributed by atoms with E-state index in [0.717, 1.165) is 19.1 Å². The smallest absolute Gasteiger partial charge is 0.303 e. The second-order valence-corrected chi connectivity index (χ2v) is 4.94. The Morgan fingerprint density at radius 3 is 2.00 bits per heavy atom. The number of halogens is 3. The van der Waals surface area contributed by atoms with Crippen molar-refractivity contribution in [3.8, 4) is 0 Å². The molecule has 100 valence electrons. The van der Waals surface area contributed by atoms with Gasteiger partial charge in [-0.05, 0) is 25.7 Å². The molecule has 0 unspecified atom stereocenters. The Balaban J connectivity index is 2.68. The van der Waals surface area contributed by atoms with Crippen LogP contribution in [0, 0.1) is 5.41 Å². The summed E-state index contributed by atoms with van der Waals surface area (Å²) < 4.78 is 37.4. The fraction of sp³-hybridized carbons (Fsp3) is 0.917. The first-order chi connectivity index (χ1) is 7.86. The molecule has 0 radical (unpaired) electrons. The van der Waals surface area contributed by atoms with E-state index < -0.39 is 18.1 Å². The molecule has 1 aliphatic rings. The van der Waals surface area contributed by atoms with Crippen LogP contribution < -0.4 is 0 Å². The number of rotatable bonds is 7. The van der Waals surface area contributed by atoms with Crippen LogP contribution >= 0.6 is 0 Å². The first-order valence-electron chi connectivity index (χ1n) is 6.13. The zero-order valence-corrected chi connectivity index (χ0v) is 10.4. The Bertz CT molecular complexity index is 257. The van der Waals surface area contributed by atoms with Gasteiger partial charge in [0.2, 0.25) is 0 Å². The Kier molecular flexibility index (Phi) is 4.58. The van der Waals surface area contributed by atoms with Crippen LogP contribution in [0.3, 0.4) is 0 Å². The lowest BCUT2D eigenvalue weighted by atomic mass is 9.83. The summed E-state index contributed by atoms with van der Waals surface area (Å²) in [6, 6.07) is 0.0223. The zero-order chi connectivity index (χ0) is 13.1. The molecule has 1 fully saturated rings. The van der Waals surface area contributed by atoms with Crippen LogP contribution in [-0.4, -0.2) is 36.5 Å². The predicted octanol–water partition coefficient (Wildman–Crippen LogP) is 3.02. The zero-order valence-electron chi connectivity index (χ0n) is 10.4. The maximum absolute atomic E-state index is 12.5. The molecule has 2 nitrogen and oxygen atoms in total. The average molecular weight is 251 g/mol. The van der Waals surface area contributed by atoms with Crippen molar-refractivity contribution >= 4 is 6.29 Å².